The highest BCUT2D eigenvalue weighted by Crippen LogP contribution is 2.19. The summed E-state index contributed by atoms with van der Waals surface area (Å²) in [6.45, 7) is 0.342. The number of rotatable bonds is 7. The maximum Gasteiger partial charge on any atom is 0.338 e. The van der Waals surface area contributed by atoms with Gasteiger partial charge < -0.3 is 15.8 Å². The second-order valence-corrected chi connectivity index (χ2v) is 6.52. The number of esters is 1. The van der Waals surface area contributed by atoms with Crippen LogP contribution in [0.2, 0.25) is 0 Å². The van der Waals surface area contributed by atoms with Crippen LogP contribution in [-0.4, -0.2) is 30.2 Å². The minimum atomic E-state index is -0.496. The molecule has 0 bridgehead atoms. The molecular weight excluding hydrogens is 392 g/mol. The Bertz CT molecular complexity index is 1110. The van der Waals surface area contributed by atoms with E-state index in [9.17, 15) is 9.59 Å². The molecule has 0 atom stereocenters. The monoisotopic (exact) mass is 414 g/mol. The van der Waals surface area contributed by atoms with Gasteiger partial charge in [-0.15, -0.1) is 0 Å². The number of benzene rings is 2. The number of carbonyl (C=O) groups is 2. The van der Waals surface area contributed by atoms with E-state index in [-0.39, 0.29) is 17.3 Å². The summed E-state index contributed by atoms with van der Waals surface area (Å²) >= 11 is 0. The molecule has 0 aliphatic rings. The largest absolute Gasteiger partial charge is 0.465 e. The van der Waals surface area contributed by atoms with E-state index >= 15 is 0 Å². The third-order valence-corrected chi connectivity index (χ3v) is 4.46. The number of amides is 1. The number of nitrogens with two attached hydrogens (primary N) is 1. The van der Waals surface area contributed by atoms with Crippen LogP contribution >= 0.6 is 0 Å². The van der Waals surface area contributed by atoms with Crippen LogP contribution in [0, 0.1) is 0 Å². The van der Waals surface area contributed by atoms with E-state index in [4.69, 9.17) is 5.73 Å². The Labute approximate surface area is 180 Å². The van der Waals surface area contributed by atoms with Gasteiger partial charge >= 0.3 is 5.97 Å². The van der Waals surface area contributed by atoms with Gasteiger partial charge in [-0.2, -0.15) is 0 Å². The van der Waals surface area contributed by atoms with Crippen molar-refractivity contribution >= 4 is 23.9 Å². The predicted octanol–water partition coefficient (Wildman–Crippen LogP) is 3.40. The van der Waals surface area contributed by atoms with E-state index in [0.29, 0.717) is 12.1 Å². The van der Waals surface area contributed by atoms with Crippen molar-refractivity contribution in [2.45, 2.75) is 6.54 Å². The molecule has 2 aromatic carbocycles. The van der Waals surface area contributed by atoms with Crippen molar-refractivity contribution < 1.29 is 14.3 Å². The van der Waals surface area contributed by atoms with E-state index in [1.54, 1.807) is 0 Å². The zero-order valence-corrected chi connectivity index (χ0v) is 17.0. The molecule has 0 unspecified atom stereocenters. The van der Waals surface area contributed by atoms with Crippen LogP contribution in [0.4, 0.5) is 5.82 Å². The summed E-state index contributed by atoms with van der Waals surface area (Å²) < 4.78 is 4.67. The van der Waals surface area contributed by atoms with Crippen LogP contribution in [0.1, 0.15) is 15.9 Å². The number of carbonyl (C=O) groups excluding carboxylic acids is 2. The lowest BCUT2D eigenvalue weighted by Gasteiger charge is -2.07. The first-order valence-corrected chi connectivity index (χ1v) is 9.53. The molecule has 0 spiro atoms. The number of nitrogens with one attached hydrogen (secondary N) is 1. The van der Waals surface area contributed by atoms with Gasteiger partial charge in [0.1, 0.15) is 0 Å². The van der Waals surface area contributed by atoms with Crippen molar-refractivity contribution in [2.24, 2.45) is 10.7 Å². The highest BCUT2D eigenvalue weighted by molar-refractivity contribution is 6.12. The molecular formula is C24H22N4O3. The average molecular weight is 414 g/mol. The number of nitrogens with zero attached hydrogens (tertiary/aromatic N) is 2. The van der Waals surface area contributed by atoms with Crippen molar-refractivity contribution in [3.63, 3.8) is 0 Å². The lowest BCUT2D eigenvalue weighted by molar-refractivity contribution is -0.117. The Morgan fingerprint density at radius 2 is 1.77 bits per heavy atom. The molecule has 0 aliphatic carbocycles. The molecule has 31 heavy (non-hydrogen) atoms. The molecule has 0 saturated carbocycles. The van der Waals surface area contributed by atoms with Gasteiger partial charge in [-0.05, 0) is 28.8 Å². The summed E-state index contributed by atoms with van der Waals surface area (Å²) in [6.07, 6.45) is 3.91. The van der Waals surface area contributed by atoms with Gasteiger partial charge in [0.05, 0.1) is 18.2 Å². The standard InChI is InChI=1S/C24H22N4O3/c1-31-24(30)20-11-12-26-22(13-20)27-16-21(14-25)23(29)28-15-17-7-9-19(10-8-17)18-5-3-2-4-6-18/h2-14,16H,15,25H2,1H3,(H,28,29)/b21-14+,27-16?. The number of hydrogen-bond donors (Lipinski definition) is 2. The van der Waals surface area contributed by atoms with Crippen molar-refractivity contribution in [3.05, 3.63) is 95.8 Å². The van der Waals surface area contributed by atoms with Gasteiger partial charge in [-0.1, -0.05) is 54.6 Å². The number of aliphatic imine (C=N–C) groups is 1. The first-order chi connectivity index (χ1) is 15.1. The third kappa shape index (κ3) is 5.86. The Hall–Kier alpha value is -4.26. The van der Waals surface area contributed by atoms with Gasteiger partial charge in [0, 0.05) is 25.2 Å². The average Bonchev–Trinajstić information content (AvgIpc) is 2.83. The molecule has 156 valence electrons. The predicted molar refractivity (Wildman–Crippen MR) is 120 cm³/mol. The zero-order chi connectivity index (χ0) is 22.1. The SMILES string of the molecule is COC(=O)c1ccnc(N=C/C(=C\N)C(=O)NCc2ccc(-c3ccccc3)cc2)c1. The highest BCUT2D eigenvalue weighted by atomic mass is 16.5. The number of ether oxygens (including phenoxy) is 1. The number of hydrogen-bond acceptors (Lipinski definition) is 6. The van der Waals surface area contributed by atoms with Crippen LogP contribution in [0.15, 0.2) is 89.7 Å². The molecule has 3 rings (SSSR count). The fourth-order valence-electron chi connectivity index (χ4n) is 2.78. The molecule has 0 aliphatic heterocycles. The van der Waals surface area contributed by atoms with E-state index < -0.39 is 5.97 Å². The summed E-state index contributed by atoms with van der Waals surface area (Å²) in [5.41, 5.74) is 9.25. The molecule has 1 aromatic heterocycles. The molecule has 0 radical (unpaired) electrons. The summed E-state index contributed by atoms with van der Waals surface area (Å²) in [7, 11) is 1.29. The minimum Gasteiger partial charge on any atom is -0.465 e. The zero-order valence-electron chi connectivity index (χ0n) is 17.0. The van der Waals surface area contributed by atoms with Gasteiger partial charge in [-0.3, -0.25) is 4.79 Å². The van der Waals surface area contributed by atoms with Gasteiger partial charge in [-0.25, -0.2) is 14.8 Å². The fourth-order valence-corrected chi connectivity index (χ4v) is 2.78. The van der Waals surface area contributed by atoms with E-state index in [1.807, 2.05) is 54.6 Å². The Kier molecular flexibility index (Phi) is 7.26. The summed E-state index contributed by atoms with van der Waals surface area (Å²) in [5.74, 6) is -0.612. The smallest absolute Gasteiger partial charge is 0.338 e. The van der Waals surface area contributed by atoms with Crippen LogP contribution < -0.4 is 11.1 Å². The van der Waals surface area contributed by atoms with Gasteiger partial charge in [0.15, 0.2) is 5.82 Å². The minimum absolute atomic E-state index is 0.172. The number of pyridine rings is 1. The first-order valence-electron chi connectivity index (χ1n) is 9.53. The molecule has 7 nitrogen and oxygen atoms in total. The summed E-state index contributed by atoms with van der Waals surface area (Å²) in [6, 6.07) is 21.0. The van der Waals surface area contributed by atoms with Crippen LogP contribution in [0.3, 0.4) is 0 Å². The molecule has 3 aromatic rings. The molecule has 3 N–H and O–H groups in total. The van der Waals surface area contributed by atoms with E-state index in [2.05, 4.69) is 20.0 Å². The fraction of sp³-hybridized carbons (Fsp3) is 0.0833. The summed E-state index contributed by atoms with van der Waals surface area (Å²) in [4.78, 5) is 32.2. The lowest BCUT2D eigenvalue weighted by atomic mass is 10.0. The maximum atomic E-state index is 12.4. The van der Waals surface area contributed by atoms with Crippen molar-refractivity contribution in [3.8, 4) is 11.1 Å². The van der Waals surface area contributed by atoms with E-state index in [1.165, 1.54) is 37.9 Å². The third-order valence-electron chi connectivity index (χ3n) is 4.46. The van der Waals surface area contributed by atoms with Crippen LogP contribution in [0.5, 0.6) is 0 Å². The van der Waals surface area contributed by atoms with Crippen molar-refractivity contribution in [1.29, 1.82) is 0 Å². The molecule has 1 amide bonds. The summed E-state index contributed by atoms with van der Waals surface area (Å²) in [5, 5.41) is 2.81. The van der Waals surface area contributed by atoms with Crippen LogP contribution in [0.25, 0.3) is 11.1 Å². The van der Waals surface area contributed by atoms with Crippen molar-refractivity contribution in [2.75, 3.05) is 7.11 Å². The molecule has 1 heterocycles. The number of aromatic nitrogens is 1. The van der Waals surface area contributed by atoms with Gasteiger partial charge in [0.25, 0.3) is 5.91 Å². The molecule has 0 fully saturated rings. The molecule has 7 heteroatoms. The highest BCUT2D eigenvalue weighted by Gasteiger charge is 2.09. The Morgan fingerprint density at radius 1 is 1.06 bits per heavy atom. The number of methoxy groups -OCH3 is 1. The normalized spacial score (nSPS) is 11.3. The van der Waals surface area contributed by atoms with Gasteiger partial charge in [0.2, 0.25) is 0 Å². The van der Waals surface area contributed by atoms with Crippen molar-refractivity contribution in [1.82, 2.24) is 10.3 Å². The Morgan fingerprint density at radius 3 is 2.45 bits per heavy atom. The topological polar surface area (TPSA) is 107 Å². The second kappa shape index (κ2) is 10.5. The second-order valence-electron chi connectivity index (χ2n) is 6.52. The molecule has 0 saturated heterocycles. The quantitative estimate of drug-likeness (QED) is 0.350. The first kappa shape index (κ1) is 21.4. The van der Waals surface area contributed by atoms with E-state index in [0.717, 1.165) is 16.7 Å². The maximum absolute atomic E-state index is 12.4. The Balaban J connectivity index is 1.60. The lowest BCUT2D eigenvalue weighted by Crippen LogP contribution is -2.25. The van der Waals surface area contributed by atoms with Crippen LogP contribution in [-0.2, 0) is 16.1 Å².